The molecular formula is C12H10Cl2N2O. The Morgan fingerprint density at radius 3 is 2.53 bits per heavy atom. The number of benzene rings is 1. The van der Waals surface area contributed by atoms with Gasteiger partial charge in [0.15, 0.2) is 0 Å². The molecule has 88 valence electrons. The van der Waals surface area contributed by atoms with E-state index in [2.05, 4.69) is 4.98 Å². The highest BCUT2D eigenvalue weighted by Gasteiger charge is 2.05. The molecule has 1 aromatic heterocycles. The van der Waals surface area contributed by atoms with Crippen LogP contribution in [0.1, 0.15) is 5.56 Å². The number of nitrogens with zero attached hydrogens (tertiary/aromatic N) is 1. The lowest BCUT2D eigenvalue weighted by Crippen LogP contribution is -1.99. The molecule has 3 nitrogen and oxygen atoms in total. The molecule has 2 aromatic rings. The molecule has 2 rings (SSSR count). The number of hydrogen-bond acceptors (Lipinski definition) is 3. The molecular weight excluding hydrogens is 259 g/mol. The molecule has 0 bridgehead atoms. The number of hydrogen-bond donors (Lipinski definition) is 1. The van der Waals surface area contributed by atoms with Gasteiger partial charge in [0, 0.05) is 29.4 Å². The zero-order valence-corrected chi connectivity index (χ0v) is 10.4. The van der Waals surface area contributed by atoms with Crippen molar-refractivity contribution in [2.24, 2.45) is 5.73 Å². The third-order valence-electron chi connectivity index (χ3n) is 2.16. The van der Waals surface area contributed by atoms with Crippen molar-refractivity contribution in [3.05, 3.63) is 52.1 Å². The highest BCUT2D eigenvalue weighted by atomic mass is 35.5. The first kappa shape index (κ1) is 12.2. The van der Waals surface area contributed by atoms with Crippen molar-refractivity contribution in [3.63, 3.8) is 0 Å². The Bertz CT molecular complexity index is 514. The SMILES string of the molecule is NCc1ccc(Cl)cc1Oc1ccc(Cl)cn1. The lowest BCUT2D eigenvalue weighted by atomic mass is 10.2. The number of pyridine rings is 1. The predicted octanol–water partition coefficient (Wildman–Crippen LogP) is 3.64. The second-order valence-corrected chi connectivity index (χ2v) is 4.25. The van der Waals surface area contributed by atoms with E-state index in [-0.39, 0.29) is 0 Å². The van der Waals surface area contributed by atoms with E-state index < -0.39 is 0 Å². The van der Waals surface area contributed by atoms with Crippen molar-refractivity contribution >= 4 is 23.2 Å². The van der Waals surface area contributed by atoms with Gasteiger partial charge in [-0.3, -0.25) is 0 Å². The summed E-state index contributed by atoms with van der Waals surface area (Å²) >= 11 is 11.6. The summed E-state index contributed by atoms with van der Waals surface area (Å²) in [6.07, 6.45) is 1.52. The Morgan fingerprint density at radius 1 is 1.12 bits per heavy atom. The minimum absolute atomic E-state index is 0.375. The number of rotatable bonds is 3. The van der Waals surface area contributed by atoms with Crippen LogP contribution in [0.3, 0.4) is 0 Å². The van der Waals surface area contributed by atoms with Gasteiger partial charge in [-0.25, -0.2) is 4.98 Å². The molecule has 0 radical (unpaired) electrons. The van der Waals surface area contributed by atoms with Crippen LogP contribution < -0.4 is 10.5 Å². The number of aromatic nitrogens is 1. The molecule has 1 heterocycles. The van der Waals surface area contributed by atoms with E-state index in [1.54, 1.807) is 24.3 Å². The Balaban J connectivity index is 2.28. The van der Waals surface area contributed by atoms with Gasteiger partial charge < -0.3 is 10.5 Å². The molecule has 0 saturated carbocycles. The summed E-state index contributed by atoms with van der Waals surface area (Å²) in [5, 5.41) is 1.15. The van der Waals surface area contributed by atoms with Gasteiger partial charge in [0.2, 0.25) is 5.88 Å². The molecule has 0 spiro atoms. The van der Waals surface area contributed by atoms with Crippen LogP contribution in [-0.4, -0.2) is 4.98 Å². The summed E-state index contributed by atoms with van der Waals surface area (Å²) in [6, 6.07) is 8.69. The van der Waals surface area contributed by atoms with Crippen LogP contribution in [-0.2, 0) is 6.54 Å². The third kappa shape index (κ3) is 3.09. The fraction of sp³-hybridized carbons (Fsp3) is 0.0833. The summed E-state index contributed by atoms with van der Waals surface area (Å²) in [6.45, 7) is 0.375. The molecule has 1 aromatic carbocycles. The van der Waals surface area contributed by atoms with E-state index in [9.17, 15) is 0 Å². The van der Waals surface area contributed by atoms with E-state index in [4.69, 9.17) is 33.7 Å². The monoisotopic (exact) mass is 268 g/mol. The molecule has 0 saturated heterocycles. The smallest absolute Gasteiger partial charge is 0.219 e. The second-order valence-electron chi connectivity index (χ2n) is 3.37. The lowest BCUT2D eigenvalue weighted by molar-refractivity contribution is 0.457. The minimum Gasteiger partial charge on any atom is -0.439 e. The van der Waals surface area contributed by atoms with Crippen LogP contribution in [0.25, 0.3) is 0 Å². The lowest BCUT2D eigenvalue weighted by Gasteiger charge is -2.09. The maximum Gasteiger partial charge on any atom is 0.219 e. The van der Waals surface area contributed by atoms with Gasteiger partial charge in [0.1, 0.15) is 5.75 Å². The maximum absolute atomic E-state index is 5.90. The normalized spacial score (nSPS) is 10.3. The zero-order chi connectivity index (χ0) is 12.3. The first-order chi connectivity index (χ1) is 8.19. The summed E-state index contributed by atoms with van der Waals surface area (Å²) < 4.78 is 5.60. The zero-order valence-electron chi connectivity index (χ0n) is 8.86. The van der Waals surface area contributed by atoms with Crippen molar-refractivity contribution < 1.29 is 4.74 Å². The Kier molecular flexibility index (Phi) is 3.84. The van der Waals surface area contributed by atoms with Crippen molar-refractivity contribution in [1.82, 2.24) is 4.98 Å². The summed E-state index contributed by atoms with van der Waals surface area (Å²) in [5.74, 6) is 1.06. The van der Waals surface area contributed by atoms with Crippen molar-refractivity contribution in [3.8, 4) is 11.6 Å². The highest BCUT2D eigenvalue weighted by Crippen LogP contribution is 2.27. The van der Waals surface area contributed by atoms with Gasteiger partial charge in [0.25, 0.3) is 0 Å². The van der Waals surface area contributed by atoms with E-state index in [0.29, 0.717) is 28.2 Å². The molecule has 0 unspecified atom stereocenters. The Hall–Kier alpha value is -1.29. The molecule has 0 aliphatic heterocycles. The molecule has 17 heavy (non-hydrogen) atoms. The summed E-state index contributed by atoms with van der Waals surface area (Å²) in [7, 11) is 0. The number of nitrogens with two attached hydrogens (primary N) is 1. The molecule has 0 aliphatic carbocycles. The maximum atomic E-state index is 5.90. The van der Waals surface area contributed by atoms with Gasteiger partial charge in [0.05, 0.1) is 5.02 Å². The van der Waals surface area contributed by atoms with Crippen LogP contribution in [0, 0.1) is 0 Å². The fourth-order valence-electron chi connectivity index (χ4n) is 1.33. The molecule has 5 heteroatoms. The molecule has 0 fully saturated rings. The van der Waals surface area contributed by atoms with Crippen LogP contribution in [0.5, 0.6) is 11.6 Å². The van der Waals surface area contributed by atoms with E-state index in [0.717, 1.165) is 5.56 Å². The largest absolute Gasteiger partial charge is 0.439 e. The first-order valence-electron chi connectivity index (χ1n) is 4.97. The Labute approximate surface area is 109 Å². The number of ether oxygens (including phenoxy) is 1. The van der Waals surface area contributed by atoms with E-state index >= 15 is 0 Å². The molecule has 0 aliphatic rings. The van der Waals surface area contributed by atoms with Crippen LogP contribution in [0.2, 0.25) is 10.0 Å². The van der Waals surface area contributed by atoms with Crippen LogP contribution >= 0.6 is 23.2 Å². The Morgan fingerprint density at radius 2 is 1.88 bits per heavy atom. The minimum atomic E-state index is 0.375. The average molecular weight is 269 g/mol. The molecule has 0 atom stereocenters. The average Bonchev–Trinajstić information content (AvgIpc) is 2.32. The quantitative estimate of drug-likeness (QED) is 0.925. The van der Waals surface area contributed by atoms with Gasteiger partial charge in [-0.05, 0) is 18.2 Å². The van der Waals surface area contributed by atoms with Gasteiger partial charge in [-0.2, -0.15) is 0 Å². The predicted molar refractivity (Wildman–Crippen MR) is 68.7 cm³/mol. The van der Waals surface area contributed by atoms with Gasteiger partial charge in [-0.15, -0.1) is 0 Å². The highest BCUT2D eigenvalue weighted by molar-refractivity contribution is 6.30. The molecule has 0 amide bonds. The fourth-order valence-corrected chi connectivity index (χ4v) is 1.60. The van der Waals surface area contributed by atoms with E-state index in [1.165, 1.54) is 6.20 Å². The van der Waals surface area contributed by atoms with Crippen molar-refractivity contribution in [2.75, 3.05) is 0 Å². The summed E-state index contributed by atoms with van der Waals surface area (Å²) in [4.78, 5) is 4.04. The standard InChI is InChI=1S/C12H10Cl2N2O/c13-9-2-1-8(6-15)11(5-9)17-12-4-3-10(14)7-16-12/h1-5,7H,6,15H2. The summed E-state index contributed by atoms with van der Waals surface area (Å²) in [5.41, 5.74) is 6.48. The van der Waals surface area contributed by atoms with Crippen molar-refractivity contribution in [2.45, 2.75) is 6.54 Å². The van der Waals surface area contributed by atoms with E-state index in [1.807, 2.05) is 6.07 Å². The number of halogens is 2. The molecule has 2 N–H and O–H groups in total. The van der Waals surface area contributed by atoms with Crippen LogP contribution in [0.4, 0.5) is 0 Å². The topological polar surface area (TPSA) is 48.1 Å². The van der Waals surface area contributed by atoms with Gasteiger partial charge in [-0.1, -0.05) is 29.3 Å². The van der Waals surface area contributed by atoms with Crippen molar-refractivity contribution in [1.29, 1.82) is 0 Å². The second kappa shape index (κ2) is 5.36. The first-order valence-corrected chi connectivity index (χ1v) is 5.72. The van der Waals surface area contributed by atoms with Gasteiger partial charge >= 0.3 is 0 Å². The third-order valence-corrected chi connectivity index (χ3v) is 2.62. The van der Waals surface area contributed by atoms with Crippen LogP contribution in [0.15, 0.2) is 36.5 Å².